The molecular formula is C26H27NO4S. The van der Waals surface area contributed by atoms with Crippen molar-refractivity contribution >= 4 is 23.4 Å². The van der Waals surface area contributed by atoms with Crippen LogP contribution in [0.25, 0.3) is 11.1 Å². The summed E-state index contributed by atoms with van der Waals surface area (Å²) < 4.78 is 5.26. The highest BCUT2D eigenvalue weighted by molar-refractivity contribution is 7.99. The Hall–Kier alpha value is -3.25. The Morgan fingerprint density at radius 1 is 1.00 bits per heavy atom. The molecule has 0 bridgehead atoms. The van der Waals surface area contributed by atoms with Crippen LogP contribution in [0, 0.1) is 6.92 Å². The molecule has 0 fully saturated rings. The third kappa shape index (κ3) is 6.89. The number of aryl methyl sites for hydroxylation is 1. The van der Waals surface area contributed by atoms with Gasteiger partial charge < -0.3 is 14.7 Å². The minimum Gasteiger partial charge on any atom is -0.482 e. The molecular weight excluding hydrogens is 422 g/mol. The molecule has 0 spiro atoms. The topological polar surface area (TPSA) is 68.1 Å². The first kappa shape index (κ1) is 23.4. The molecule has 1 N–H and O–H groups in total. The number of nitrogens with zero attached hydrogens (tertiary/aromatic N) is 1. The van der Waals surface area contributed by atoms with E-state index in [-0.39, 0.29) is 6.61 Å². The highest BCUT2D eigenvalue weighted by Gasteiger charge is 2.06. The Morgan fingerprint density at radius 2 is 1.72 bits per heavy atom. The van der Waals surface area contributed by atoms with Gasteiger partial charge in [-0.15, -0.1) is 11.8 Å². The van der Waals surface area contributed by atoms with Crippen LogP contribution in [0.5, 0.6) is 5.75 Å². The summed E-state index contributed by atoms with van der Waals surface area (Å²) in [4.78, 5) is 17.3. The standard InChI is InChI=1S/C26H27NO4S/c1-3-24(22-11-9-21(10-12-22)20-7-5-4-6-8-20)27-31-15-16-32-23-13-14-25(19(2)17-23)30-18-26(28)29/h4-14,17H,3,15-16,18H2,1-2H3,(H,28,29). The molecule has 0 aliphatic carbocycles. The number of hydrogen-bond acceptors (Lipinski definition) is 5. The predicted octanol–water partition coefficient (Wildman–Crippen LogP) is 6.05. The molecule has 0 saturated heterocycles. The Balaban J connectivity index is 1.49. The summed E-state index contributed by atoms with van der Waals surface area (Å²) in [6, 6.07) is 24.4. The van der Waals surface area contributed by atoms with Crippen LogP contribution in [0.3, 0.4) is 0 Å². The van der Waals surface area contributed by atoms with Crippen molar-refractivity contribution in [2.75, 3.05) is 19.0 Å². The molecule has 5 nitrogen and oxygen atoms in total. The molecule has 0 aliphatic rings. The summed E-state index contributed by atoms with van der Waals surface area (Å²) in [5, 5.41) is 13.1. The summed E-state index contributed by atoms with van der Waals surface area (Å²) in [5.74, 6) is 0.352. The number of oxime groups is 1. The zero-order chi connectivity index (χ0) is 22.8. The second-order valence-electron chi connectivity index (χ2n) is 7.13. The number of carbonyl (C=O) groups is 1. The number of carboxylic acid groups (broad SMARTS) is 1. The SMILES string of the molecule is CCC(=NOCCSc1ccc(OCC(=O)O)c(C)c1)c1ccc(-c2ccccc2)cc1. The van der Waals surface area contributed by atoms with Gasteiger partial charge >= 0.3 is 5.97 Å². The fourth-order valence-electron chi connectivity index (χ4n) is 3.14. The van der Waals surface area contributed by atoms with Crippen LogP contribution in [-0.2, 0) is 9.63 Å². The average Bonchev–Trinajstić information content (AvgIpc) is 2.81. The van der Waals surface area contributed by atoms with Gasteiger partial charge in [0.25, 0.3) is 0 Å². The maximum absolute atomic E-state index is 10.6. The van der Waals surface area contributed by atoms with E-state index in [1.165, 1.54) is 11.1 Å². The molecule has 166 valence electrons. The van der Waals surface area contributed by atoms with Crippen LogP contribution in [0.1, 0.15) is 24.5 Å². The van der Waals surface area contributed by atoms with E-state index in [1.807, 2.05) is 37.3 Å². The minimum atomic E-state index is -0.987. The van der Waals surface area contributed by atoms with E-state index in [1.54, 1.807) is 17.8 Å². The molecule has 32 heavy (non-hydrogen) atoms. The Morgan fingerprint density at radius 3 is 2.38 bits per heavy atom. The number of benzene rings is 3. The average molecular weight is 450 g/mol. The maximum Gasteiger partial charge on any atom is 0.341 e. The van der Waals surface area contributed by atoms with Gasteiger partial charge in [0.15, 0.2) is 6.61 Å². The third-order valence-corrected chi connectivity index (χ3v) is 5.73. The molecule has 0 amide bonds. The molecule has 6 heteroatoms. The third-order valence-electron chi connectivity index (χ3n) is 4.78. The van der Waals surface area contributed by atoms with Crippen molar-refractivity contribution in [2.24, 2.45) is 5.16 Å². The van der Waals surface area contributed by atoms with Gasteiger partial charge in [0.1, 0.15) is 12.4 Å². The molecule has 3 rings (SSSR count). The second kappa shape index (κ2) is 12.0. The summed E-state index contributed by atoms with van der Waals surface area (Å²) in [7, 11) is 0. The van der Waals surface area contributed by atoms with Crippen molar-refractivity contribution in [3.63, 3.8) is 0 Å². The van der Waals surface area contributed by atoms with Crippen LogP contribution < -0.4 is 4.74 Å². The van der Waals surface area contributed by atoms with Crippen molar-refractivity contribution in [3.8, 4) is 16.9 Å². The second-order valence-corrected chi connectivity index (χ2v) is 8.29. The minimum absolute atomic E-state index is 0.339. The van der Waals surface area contributed by atoms with Gasteiger partial charge in [-0.3, -0.25) is 0 Å². The first-order chi connectivity index (χ1) is 15.6. The number of thioether (sulfide) groups is 1. The molecule has 3 aromatic rings. The van der Waals surface area contributed by atoms with Crippen molar-refractivity contribution in [2.45, 2.75) is 25.2 Å². The lowest BCUT2D eigenvalue weighted by atomic mass is 10.0. The van der Waals surface area contributed by atoms with E-state index in [0.717, 1.165) is 33.9 Å². The number of ether oxygens (including phenoxy) is 1. The molecule has 0 aliphatic heterocycles. The van der Waals surface area contributed by atoms with Crippen molar-refractivity contribution in [1.82, 2.24) is 0 Å². The van der Waals surface area contributed by atoms with Crippen LogP contribution in [0.4, 0.5) is 0 Å². The molecule has 0 radical (unpaired) electrons. The zero-order valence-corrected chi connectivity index (χ0v) is 19.1. The first-order valence-electron chi connectivity index (χ1n) is 10.5. The monoisotopic (exact) mass is 449 g/mol. The zero-order valence-electron chi connectivity index (χ0n) is 18.3. The van der Waals surface area contributed by atoms with Gasteiger partial charge in [-0.1, -0.05) is 66.7 Å². The van der Waals surface area contributed by atoms with Crippen LogP contribution in [0.2, 0.25) is 0 Å². The van der Waals surface area contributed by atoms with Gasteiger partial charge in [0.05, 0.1) is 5.71 Å². The normalized spacial score (nSPS) is 11.2. The van der Waals surface area contributed by atoms with Gasteiger partial charge in [-0.25, -0.2) is 4.79 Å². The van der Waals surface area contributed by atoms with E-state index in [9.17, 15) is 4.79 Å². The lowest BCUT2D eigenvalue weighted by molar-refractivity contribution is -0.139. The smallest absolute Gasteiger partial charge is 0.341 e. The fraction of sp³-hybridized carbons (Fsp3) is 0.231. The largest absolute Gasteiger partial charge is 0.482 e. The van der Waals surface area contributed by atoms with E-state index < -0.39 is 5.97 Å². The molecule has 0 aromatic heterocycles. The highest BCUT2D eigenvalue weighted by atomic mass is 32.2. The predicted molar refractivity (Wildman–Crippen MR) is 130 cm³/mol. The number of carboxylic acids is 1. The van der Waals surface area contributed by atoms with E-state index in [2.05, 4.69) is 48.5 Å². The van der Waals surface area contributed by atoms with E-state index >= 15 is 0 Å². The van der Waals surface area contributed by atoms with Gasteiger partial charge in [-0.2, -0.15) is 0 Å². The van der Waals surface area contributed by atoms with Crippen LogP contribution >= 0.6 is 11.8 Å². The van der Waals surface area contributed by atoms with Crippen molar-refractivity contribution < 1.29 is 19.5 Å². The van der Waals surface area contributed by atoms with Crippen LogP contribution in [0.15, 0.2) is 82.8 Å². The number of hydrogen-bond donors (Lipinski definition) is 1. The maximum atomic E-state index is 10.6. The van der Waals surface area contributed by atoms with Crippen molar-refractivity contribution in [1.29, 1.82) is 0 Å². The molecule has 3 aromatic carbocycles. The summed E-state index contributed by atoms with van der Waals surface area (Å²) in [5.41, 5.74) is 5.26. The molecule has 0 atom stereocenters. The lowest BCUT2D eigenvalue weighted by Gasteiger charge is -2.09. The summed E-state index contributed by atoms with van der Waals surface area (Å²) >= 11 is 1.66. The Bertz CT molecular complexity index is 1050. The van der Waals surface area contributed by atoms with E-state index in [0.29, 0.717) is 12.4 Å². The van der Waals surface area contributed by atoms with Gasteiger partial charge in [0.2, 0.25) is 0 Å². The number of aliphatic carboxylic acids is 1. The van der Waals surface area contributed by atoms with Crippen molar-refractivity contribution in [3.05, 3.63) is 83.9 Å². The highest BCUT2D eigenvalue weighted by Crippen LogP contribution is 2.25. The summed E-state index contributed by atoms with van der Waals surface area (Å²) in [6.45, 7) is 4.12. The summed E-state index contributed by atoms with van der Waals surface area (Å²) in [6.07, 6.45) is 0.787. The van der Waals surface area contributed by atoms with Crippen LogP contribution in [-0.4, -0.2) is 35.8 Å². The Kier molecular flexibility index (Phi) is 8.75. The fourth-order valence-corrected chi connectivity index (χ4v) is 3.96. The lowest BCUT2D eigenvalue weighted by Crippen LogP contribution is -2.10. The van der Waals surface area contributed by atoms with Gasteiger partial charge in [-0.05, 0) is 53.8 Å². The Labute approximate surface area is 193 Å². The molecule has 0 heterocycles. The van der Waals surface area contributed by atoms with E-state index in [4.69, 9.17) is 14.7 Å². The molecule has 0 saturated carbocycles. The number of rotatable bonds is 11. The molecule has 0 unspecified atom stereocenters. The first-order valence-corrected chi connectivity index (χ1v) is 11.5. The quantitative estimate of drug-likeness (QED) is 0.167. The van der Waals surface area contributed by atoms with Gasteiger partial charge in [0, 0.05) is 10.6 Å².